The zero-order valence-electron chi connectivity index (χ0n) is 13.9. The molecule has 0 radical (unpaired) electrons. The summed E-state index contributed by atoms with van der Waals surface area (Å²) in [5.41, 5.74) is 8.47. The maximum atomic E-state index is 6.05. The van der Waals surface area contributed by atoms with Gasteiger partial charge in [0.1, 0.15) is 12.4 Å². The average Bonchev–Trinajstić information content (AvgIpc) is 2.67. The predicted molar refractivity (Wildman–Crippen MR) is 99.5 cm³/mol. The van der Waals surface area contributed by atoms with E-state index in [1.165, 1.54) is 5.56 Å². The Balaban J connectivity index is 1.91. The summed E-state index contributed by atoms with van der Waals surface area (Å²) in [5.74, 6) is 0.896. The van der Waals surface area contributed by atoms with Crippen LogP contribution in [0.5, 0.6) is 5.75 Å². The summed E-state index contributed by atoms with van der Waals surface area (Å²) < 4.78 is 6.05. The van der Waals surface area contributed by atoms with E-state index in [-0.39, 0.29) is 0 Å². The highest BCUT2D eigenvalue weighted by Gasteiger charge is 2.24. The molecule has 3 nitrogen and oxygen atoms in total. The molecule has 120 valence electrons. The number of pyridine rings is 2. The van der Waals surface area contributed by atoms with E-state index in [1.54, 1.807) is 0 Å². The third kappa shape index (κ3) is 2.20. The van der Waals surface area contributed by atoms with Crippen molar-refractivity contribution in [3.05, 3.63) is 78.0 Å². The van der Waals surface area contributed by atoms with Crippen molar-refractivity contribution in [2.75, 3.05) is 0 Å². The van der Waals surface area contributed by atoms with Crippen molar-refractivity contribution in [3.63, 3.8) is 0 Å². The van der Waals surface area contributed by atoms with Gasteiger partial charge in [-0.25, -0.2) is 4.98 Å². The minimum atomic E-state index is 0.509. The Bertz CT molecular complexity index is 1100. The van der Waals surface area contributed by atoms with Crippen LogP contribution in [0.25, 0.3) is 33.4 Å². The number of ether oxygens (including phenoxy) is 1. The average molecular weight is 324 g/mol. The van der Waals surface area contributed by atoms with Gasteiger partial charge in [-0.2, -0.15) is 0 Å². The maximum Gasteiger partial charge on any atom is 0.129 e. The summed E-state index contributed by atoms with van der Waals surface area (Å²) in [6, 6.07) is 20.6. The topological polar surface area (TPSA) is 35.0 Å². The van der Waals surface area contributed by atoms with Gasteiger partial charge in [0.2, 0.25) is 0 Å². The van der Waals surface area contributed by atoms with Gasteiger partial charge < -0.3 is 4.74 Å². The minimum absolute atomic E-state index is 0.509. The van der Waals surface area contributed by atoms with Crippen molar-refractivity contribution in [2.24, 2.45) is 0 Å². The third-order valence-electron chi connectivity index (χ3n) is 4.67. The Kier molecular flexibility index (Phi) is 3.07. The van der Waals surface area contributed by atoms with Crippen molar-refractivity contribution in [1.82, 2.24) is 9.97 Å². The number of aromatic nitrogens is 2. The van der Waals surface area contributed by atoms with Crippen LogP contribution < -0.4 is 4.74 Å². The van der Waals surface area contributed by atoms with Gasteiger partial charge in [-0.3, -0.25) is 4.98 Å². The Morgan fingerprint density at radius 2 is 1.84 bits per heavy atom. The quantitative estimate of drug-likeness (QED) is 0.485. The van der Waals surface area contributed by atoms with Gasteiger partial charge >= 0.3 is 0 Å². The van der Waals surface area contributed by atoms with E-state index in [4.69, 9.17) is 9.72 Å². The standard InChI is InChI=1S/C22H16N2O/c1-14-9-10-19-16(12-14)21-17(13-25-19)20(15-6-3-2-4-7-15)22-18(24-21)8-5-11-23-22/h2-12H,13H2,1H3. The fourth-order valence-corrected chi connectivity index (χ4v) is 3.51. The van der Waals surface area contributed by atoms with Crippen LogP contribution in [0.2, 0.25) is 0 Å². The molecule has 0 saturated carbocycles. The van der Waals surface area contributed by atoms with Crippen molar-refractivity contribution < 1.29 is 4.74 Å². The molecule has 2 aromatic carbocycles. The van der Waals surface area contributed by atoms with Crippen LogP contribution in [0.15, 0.2) is 66.9 Å². The Hall–Kier alpha value is -3.20. The molecule has 3 heterocycles. The maximum absolute atomic E-state index is 6.05. The zero-order chi connectivity index (χ0) is 16.8. The van der Waals surface area contributed by atoms with Gasteiger partial charge in [0.25, 0.3) is 0 Å². The highest BCUT2D eigenvalue weighted by Crippen LogP contribution is 2.42. The van der Waals surface area contributed by atoms with Gasteiger partial charge in [0, 0.05) is 22.9 Å². The van der Waals surface area contributed by atoms with Crippen molar-refractivity contribution in [2.45, 2.75) is 13.5 Å². The van der Waals surface area contributed by atoms with E-state index in [0.29, 0.717) is 6.61 Å². The molecule has 0 fully saturated rings. The first kappa shape index (κ1) is 14.2. The largest absolute Gasteiger partial charge is 0.488 e. The number of hydrogen-bond acceptors (Lipinski definition) is 3. The number of benzene rings is 2. The molecule has 0 saturated heterocycles. The SMILES string of the molecule is Cc1ccc2c(c1)-c1nc3cccnc3c(-c3ccccc3)c1CO2. The number of hydrogen-bond donors (Lipinski definition) is 0. The van der Waals surface area contributed by atoms with Gasteiger partial charge in [-0.05, 0) is 36.8 Å². The Morgan fingerprint density at radius 1 is 0.960 bits per heavy atom. The first-order valence-electron chi connectivity index (χ1n) is 8.38. The molecule has 2 aromatic heterocycles. The van der Waals surface area contributed by atoms with Crippen LogP contribution in [0.1, 0.15) is 11.1 Å². The number of rotatable bonds is 1. The van der Waals surface area contributed by atoms with Gasteiger partial charge in [0.15, 0.2) is 0 Å². The van der Waals surface area contributed by atoms with Crippen LogP contribution in [-0.2, 0) is 6.61 Å². The number of fused-ring (bicyclic) bond motifs is 4. The fourth-order valence-electron chi connectivity index (χ4n) is 3.51. The molecule has 0 amide bonds. The lowest BCUT2D eigenvalue weighted by atomic mass is 9.92. The smallest absolute Gasteiger partial charge is 0.129 e. The van der Waals surface area contributed by atoms with Crippen LogP contribution >= 0.6 is 0 Å². The van der Waals surface area contributed by atoms with Crippen LogP contribution in [0.4, 0.5) is 0 Å². The molecule has 3 heteroatoms. The highest BCUT2D eigenvalue weighted by atomic mass is 16.5. The molecule has 4 aromatic rings. The fraction of sp³-hybridized carbons (Fsp3) is 0.0909. The number of nitrogens with zero attached hydrogens (tertiary/aromatic N) is 2. The minimum Gasteiger partial charge on any atom is -0.488 e. The van der Waals surface area contributed by atoms with E-state index in [2.05, 4.69) is 48.3 Å². The molecule has 1 aliphatic heterocycles. The van der Waals surface area contributed by atoms with E-state index in [1.807, 2.05) is 30.5 Å². The predicted octanol–water partition coefficient (Wildman–Crippen LogP) is 5.16. The van der Waals surface area contributed by atoms with E-state index < -0.39 is 0 Å². The lowest BCUT2D eigenvalue weighted by Gasteiger charge is -2.24. The summed E-state index contributed by atoms with van der Waals surface area (Å²) in [5, 5.41) is 0. The third-order valence-corrected chi connectivity index (χ3v) is 4.67. The first-order valence-corrected chi connectivity index (χ1v) is 8.38. The van der Waals surface area contributed by atoms with E-state index >= 15 is 0 Å². The Labute approximate surface area is 146 Å². The normalized spacial score (nSPS) is 12.4. The summed E-state index contributed by atoms with van der Waals surface area (Å²) in [7, 11) is 0. The van der Waals surface area contributed by atoms with Crippen LogP contribution in [0, 0.1) is 6.92 Å². The summed E-state index contributed by atoms with van der Waals surface area (Å²) in [6.07, 6.45) is 1.82. The van der Waals surface area contributed by atoms with Gasteiger partial charge in [-0.15, -0.1) is 0 Å². The second kappa shape index (κ2) is 5.42. The van der Waals surface area contributed by atoms with Gasteiger partial charge in [0.05, 0.1) is 16.7 Å². The monoisotopic (exact) mass is 324 g/mol. The molecular formula is C22H16N2O. The summed E-state index contributed by atoms with van der Waals surface area (Å²) in [4.78, 5) is 9.56. The lowest BCUT2D eigenvalue weighted by Crippen LogP contribution is -2.10. The van der Waals surface area contributed by atoms with Crippen LogP contribution in [-0.4, -0.2) is 9.97 Å². The Morgan fingerprint density at radius 3 is 2.72 bits per heavy atom. The molecule has 0 atom stereocenters. The number of aryl methyl sites for hydroxylation is 1. The first-order chi connectivity index (χ1) is 12.3. The second-order valence-corrected chi connectivity index (χ2v) is 6.34. The molecule has 0 aliphatic carbocycles. The molecular weight excluding hydrogens is 308 g/mol. The summed E-state index contributed by atoms with van der Waals surface area (Å²) >= 11 is 0. The van der Waals surface area contributed by atoms with Crippen molar-refractivity contribution in [3.8, 4) is 28.1 Å². The van der Waals surface area contributed by atoms with Crippen molar-refractivity contribution in [1.29, 1.82) is 0 Å². The molecule has 0 spiro atoms. The van der Waals surface area contributed by atoms with Gasteiger partial charge in [-0.1, -0.05) is 42.0 Å². The molecule has 25 heavy (non-hydrogen) atoms. The molecule has 0 N–H and O–H groups in total. The van der Waals surface area contributed by atoms with E-state index in [9.17, 15) is 0 Å². The lowest BCUT2D eigenvalue weighted by molar-refractivity contribution is 0.302. The van der Waals surface area contributed by atoms with Crippen LogP contribution in [0.3, 0.4) is 0 Å². The molecule has 1 aliphatic rings. The van der Waals surface area contributed by atoms with Crippen molar-refractivity contribution >= 4 is 11.0 Å². The molecule has 5 rings (SSSR count). The summed E-state index contributed by atoms with van der Waals surface area (Å²) in [6.45, 7) is 2.60. The zero-order valence-corrected chi connectivity index (χ0v) is 13.9. The molecule has 0 bridgehead atoms. The molecule has 0 unspecified atom stereocenters. The second-order valence-electron chi connectivity index (χ2n) is 6.34. The highest BCUT2D eigenvalue weighted by molar-refractivity contribution is 5.97. The van der Waals surface area contributed by atoms with E-state index in [0.717, 1.165) is 44.7 Å².